The van der Waals surface area contributed by atoms with E-state index in [1.165, 1.54) is 18.3 Å². The molecule has 2 aromatic carbocycles. The van der Waals surface area contributed by atoms with E-state index in [-0.39, 0.29) is 23.6 Å². The van der Waals surface area contributed by atoms with Gasteiger partial charge in [0.1, 0.15) is 11.6 Å². The van der Waals surface area contributed by atoms with E-state index in [1.807, 2.05) is 30.3 Å². The van der Waals surface area contributed by atoms with Crippen LogP contribution in [-0.4, -0.2) is 28.3 Å². The molecule has 29 heavy (non-hydrogen) atoms. The van der Waals surface area contributed by atoms with Gasteiger partial charge in [-0.25, -0.2) is 14.4 Å². The van der Waals surface area contributed by atoms with Crippen molar-refractivity contribution in [3.63, 3.8) is 0 Å². The van der Waals surface area contributed by atoms with Crippen LogP contribution in [0.1, 0.15) is 27.4 Å². The summed E-state index contributed by atoms with van der Waals surface area (Å²) in [7, 11) is 0. The van der Waals surface area contributed by atoms with E-state index in [4.69, 9.17) is 0 Å². The number of hydrogen-bond acceptors (Lipinski definition) is 4. The van der Waals surface area contributed by atoms with Crippen molar-refractivity contribution in [1.29, 1.82) is 0 Å². The molecule has 148 valence electrons. The van der Waals surface area contributed by atoms with Gasteiger partial charge in [0.2, 0.25) is 5.91 Å². The number of amides is 2. The van der Waals surface area contributed by atoms with E-state index in [0.717, 1.165) is 5.56 Å². The normalized spacial score (nSPS) is 10.4. The molecule has 2 amide bonds. The first-order valence-electron chi connectivity index (χ1n) is 9.22. The fourth-order valence-corrected chi connectivity index (χ4v) is 2.81. The topological polar surface area (TPSA) is 84.0 Å². The monoisotopic (exact) mass is 392 g/mol. The predicted octanol–water partition coefficient (Wildman–Crippen LogP) is 3.08. The Kier molecular flexibility index (Phi) is 6.63. The summed E-state index contributed by atoms with van der Waals surface area (Å²) in [6.45, 7) is 2.04. The third kappa shape index (κ3) is 5.68. The van der Waals surface area contributed by atoms with Crippen molar-refractivity contribution in [2.45, 2.75) is 19.8 Å². The SMILES string of the molecule is Cc1ncc(C(=O)Nc2ccccc2F)c(CCNC(=O)Cc2ccccc2)n1. The molecule has 1 aromatic heterocycles. The number of carbonyl (C=O) groups excluding carboxylic acids is 2. The van der Waals surface area contributed by atoms with Crippen LogP contribution in [0.25, 0.3) is 0 Å². The summed E-state index contributed by atoms with van der Waals surface area (Å²) in [5.74, 6) is -0.623. The first-order chi connectivity index (χ1) is 14.0. The number of hydrogen-bond donors (Lipinski definition) is 2. The number of aromatic nitrogens is 2. The second-order valence-corrected chi connectivity index (χ2v) is 6.47. The van der Waals surface area contributed by atoms with Crippen LogP contribution in [0.15, 0.2) is 60.8 Å². The second-order valence-electron chi connectivity index (χ2n) is 6.47. The molecule has 3 aromatic rings. The van der Waals surface area contributed by atoms with Crippen molar-refractivity contribution in [3.8, 4) is 0 Å². The summed E-state index contributed by atoms with van der Waals surface area (Å²) < 4.78 is 13.8. The van der Waals surface area contributed by atoms with Gasteiger partial charge in [-0.3, -0.25) is 9.59 Å². The third-order valence-electron chi connectivity index (χ3n) is 4.25. The van der Waals surface area contributed by atoms with E-state index in [9.17, 15) is 14.0 Å². The molecule has 0 radical (unpaired) electrons. The number of benzene rings is 2. The molecule has 0 spiro atoms. The summed E-state index contributed by atoms with van der Waals surface area (Å²) in [4.78, 5) is 33.1. The maximum Gasteiger partial charge on any atom is 0.259 e. The zero-order chi connectivity index (χ0) is 20.6. The molecule has 0 saturated heterocycles. The van der Waals surface area contributed by atoms with Gasteiger partial charge >= 0.3 is 0 Å². The lowest BCUT2D eigenvalue weighted by atomic mass is 10.1. The Morgan fingerprint density at radius 1 is 1.03 bits per heavy atom. The molecular formula is C22H21FN4O2. The van der Waals surface area contributed by atoms with Gasteiger partial charge < -0.3 is 10.6 Å². The Morgan fingerprint density at radius 2 is 1.76 bits per heavy atom. The summed E-state index contributed by atoms with van der Waals surface area (Å²) in [6, 6.07) is 15.4. The molecule has 7 heteroatoms. The Morgan fingerprint density at radius 3 is 2.52 bits per heavy atom. The molecule has 0 aliphatic carbocycles. The minimum atomic E-state index is -0.524. The zero-order valence-electron chi connectivity index (χ0n) is 16.0. The summed E-state index contributed by atoms with van der Waals surface area (Å²) in [5.41, 5.74) is 1.75. The maximum atomic E-state index is 13.8. The lowest BCUT2D eigenvalue weighted by Crippen LogP contribution is -2.28. The van der Waals surface area contributed by atoms with Gasteiger partial charge in [0.15, 0.2) is 0 Å². The highest BCUT2D eigenvalue weighted by molar-refractivity contribution is 6.04. The summed E-state index contributed by atoms with van der Waals surface area (Å²) >= 11 is 0. The smallest absolute Gasteiger partial charge is 0.259 e. The number of rotatable bonds is 7. The number of carbonyl (C=O) groups is 2. The van der Waals surface area contributed by atoms with Crippen LogP contribution in [0.2, 0.25) is 0 Å². The molecular weight excluding hydrogens is 371 g/mol. The van der Waals surface area contributed by atoms with Gasteiger partial charge in [0.05, 0.1) is 23.4 Å². The van der Waals surface area contributed by atoms with Gasteiger partial charge in [-0.15, -0.1) is 0 Å². The zero-order valence-corrected chi connectivity index (χ0v) is 16.0. The Bertz CT molecular complexity index is 1010. The van der Waals surface area contributed by atoms with Gasteiger partial charge in [0, 0.05) is 19.2 Å². The third-order valence-corrected chi connectivity index (χ3v) is 4.25. The van der Waals surface area contributed by atoms with E-state index in [0.29, 0.717) is 24.5 Å². The molecule has 0 atom stereocenters. The van der Waals surface area contributed by atoms with Crippen molar-refractivity contribution in [2.75, 3.05) is 11.9 Å². The highest BCUT2D eigenvalue weighted by atomic mass is 19.1. The van der Waals surface area contributed by atoms with Crippen LogP contribution in [0.5, 0.6) is 0 Å². The van der Waals surface area contributed by atoms with E-state index in [1.54, 1.807) is 19.1 Å². The van der Waals surface area contributed by atoms with E-state index in [2.05, 4.69) is 20.6 Å². The van der Waals surface area contributed by atoms with Crippen LogP contribution < -0.4 is 10.6 Å². The molecule has 0 unspecified atom stereocenters. The largest absolute Gasteiger partial charge is 0.355 e. The molecule has 0 aliphatic rings. The van der Waals surface area contributed by atoms with Gasteiger partial charge in [-0.05, 0) is 24.6 Å². The van der Waals surface area contributed by atoms with Gasteiger partial charge in [-0.2, -0.15) is 0 Å². The average Bonchev–Trinajstić information content (AvgIpc) is 2.70. The van der Waals surface area contributed by atoms with Crippen LogP contribution in [-0.2, 0) is 17.6 Å². The minimum Gasteiger partial charge on any atom is -0.355 e. The predicted molar refractivity (Wildman–Crippen MR) is 108 cm³/mol. The van der Waals surface area contributed by atoms with Crippen LogP contribution in [0.4, 0.5) is 10.1 Å². The van der Waals surface area contributed by atoms with E-state index >= 15 is 0 Å². The summed E-state index contributed by atoms with van der Waals surface area (Å²) in [6.07, 6.45) is 2.05. The molecule has 2 N–H and O–H groups in total. The van der Waals surface area contributed by atoms with Crippen LogP contribution in [0.3, 0.4) is 0 Å². The van der Waals surface area contributed by atoms with Gasteiger partial charge in [0.25, 0.3) is 5.91 Å². The quantitative estimate of drug-likeness (QED) is 0.647. The van der Waals surface area contributed by atoms with E-state index < -0.39 is 11.7 Å². The number of nitrogens with one attached hydrogen (secondary N) is 2. The number of anilines is 1. The van der Waals surface area contributed by atoms with Crippen molar-refractivity contribution in [3.05, 3.63) is 89.3 Å². The van der Waals surface area contributed by atoms with Crippen molar-refractivity contribution >= 4 is 17.5 Å². The number of nitrogens with zero attached hydrogens (tertiary/aromatic N) is 2. The average molecular weight is 392 g/mol. The van der Waals surface area contributed by atoms with Crippen molar-refractivity contribution in [2.24, 2.45) is 0 Å². The fraction of sp³-hybridized carbons (Fsp3) is 0.182. The summed E-state index contributed by atoms with van der Waals surface area (Å²) in [5, 5.41) is 5.37. The minimum absolute atomic E-state index is 0.0835. The highest BCUT2D eigenvalue weighted by Crippen LogP contribution is 2.15. The Hall–Kier alpha value is -3.61. The molecule has 0 saturated carbocycles. The molecule has 1 heterocycles. The molecule has 0 bridgehead atoms. The standard InChI is InChI=1S/C22H21FN4O2/c1-15-25-14-17(22(29)27-20-10-6-5-9-18(20)23)19(26-15)11-12-24-21(28)13-16-7-3-2-4-8-16/h2-10,14H,11-13H2,1H3,(H,24,28)(H,27,29). The number of halogens is 1. The molecule has 0 aliphatic heterocycles. The number of para-hydroxylation sites is 1. The molecule has 0 fully saturated rings. The lowest BCUT2D eigenvalue weighted by molar-refractivity contribution is -0.120. The van der Waals surface area contributed by atoms with Gasteiger partial charge in [-0.1, -0.05) is 42.5 Å². The number of aryl methyl sites for hydroxylation is 1. The van der Waals surface area contributed by atoms with Crippen molar-refractivity contribution < 1.29 is 14.0 Å². The first kappa shape index (κ1) is 20.1. The maximum absolute atomic E-state index is 13.8. The second kappa shape index (κ2) is 9.54. The Balaban J connectivity index is 1.63. The fourth-order valence-electron chi connectivity index (χ4n) is 2.81. The highest BCUT2D eigenvalue weighted by Gasteiger charge is 2.16. The first-order valence-corrected chi connectivity index (χ1v) is 9.22. The molecule has 6 nitrogen and oxygen atoms in total. The lowest BCUT2D eigenvalue weighted by Gasteiger charge is -2.11. The van der Waals surface area contributed by atoms with Crippen molar-refractivity contribution in [1.82, 2.24) is 15.3 Å². The molecule has 3 rings (SSSR count). The van der Waals surface area contributed by atoms with Crippen LogP contribution >= 0.6 is 0 Å². The van der Waals surface area contributed by atoms with Crippen LogP contribution in [0, 0.1) is 12.7 Å². The Labute approximate surface area is 168 Å².